The van der Waals surface area contributed by atoms with Crippen molar-refractivity contribution in [2.45, 2.75) is 25.9 Å². The summed E-state index contributed by atoms with van der Waals surface area (Å²) in [5, 5.41) is 0. The summed E-state index contributed by atoms with van der Waals surface area (Å²) in [5.41, 5.74) is 1.02. The molecule has 0 aromatic carbocycles. The first kappa shape index (κ1) is 8.23. The number of cyclic esters (lactones) is 1. The standard InChI is InChI=1S/C10H11NO2/c1-10(2)6-8-7(9(12)13-10)4-3-5-11-8/h3-5H,6H2,1-2H3. The second-order valence-electron chi connectivity index (χ2n) is 3.82. The van der Waals surface area contributed by atoms with E-state index in [2.05, 4.69) is 4.98 Å². The lowest BCUT2D eigenvalue weighted by Gasteiger charge is -2.29. The molecule has 0 spiro atoms. The average Bonchev–Trinajstić information content (AvgIpc) is 2.02. The number of pyridine rings is 1. The zero-order valence-corrected chi connectivity index (χ0v) is 7.70. The Kier molecular flexibility index (Phi) is 1.62. The third-order valence-electron chi connectivity index (χ3n) is 2.07. The van der Waals surface area contributed by atoms with Gasteiger partial charge in [-0.1, -0.05) is 0 Å². The van der Waals surface area contributed by atoms with Crippen LogP contribution in [0.3, 0.4) is 0 Å². The van der Waals surface area contributed by atoms with Gasteiger partial charge in [-0.25, -0.2) is 4.79 Å². The minimum Gasteiger partial charge on any atom is -0.456 e. The van der Waals surface area contributed by atoms with Gasteiger partial charge in [-0.05, 0) is 26.0 Å². The maximum Gasteiger partial charge on any atom is 0.340 e. The molecule has 1 aliphatic rings. The molecule has 2 rings (SSSR count). The van der Waals surface area contributed by atoms with E-state index >= 15 is 0 Å². The van der Waals surface area contributed by atoms with Gasteiger partial charge in [0.1, 0.15) is 5.60 Å². The van der Waals surface area contributed by atoms with E-state index in [9.17, 15) is 4.79 Å². The predicted molar refractivity (Wildman–Crippen MR) is 47.4 cm³/mol. The predicted octanol–water partition coefficient (Wildman–Crippen LogP) is 1.57. The van der Waals surface area contributed by atoms with Crippen molar-refractivity contribution in [2.75, 3.05) is 0 Å². The molecule has 0 fully saturated rings. The normalized spacial score (nSPS) is 19.1. The van der Waals surface area contributed by atoms with E-state index in [4.69, 9.17) is 4.74 Å². The molecule has 0 unspecified atom stereocenters. The third-order valence-corrected chi connectivity index (χ3v) is 2.07. The van der Waals surface area contributed by atoms with Crippen LogP contribution in [0.5, 0.6) is 0 Å². The van der Waals surface area contributed by atoms with Crippen LogP contribution in [0.1, 0.15) is 29.9 Å². The zero-order chi connectivity index (χ0) is 9.47. The summed E-state index contributed by atoms with van der Waals surface area (Å²) in [6.45, 7) is 3.78. The van der Waals surface area contributed by atoms with E-state index < -0.39 is 5.60 Å². The lowest BCUT2D eigenvalue weighted by Crippen LogP contribution is -2.36. The van der Waals surface area contributed by atoms with Crippen LogP contribution in [0, 0.1) is 0 Å². The molecule has 0 radical (unpaired) electrons. The molecule has 0 amide bonds. The molecule has 1 aromatic heterocycles. The lowest BCUT2D eigenvalue weighted by molar-refractivity contribution is -0.00717. The molecular weight excluding hydrogens is 166 g/mol. The van der Waals surface area contributed by atoms with Crippen molar-refractivity contribution in [2.24, 2.45) is 0 Å². The summed E-state index contributed by atoms with van der Waals surface area (Å²) >= 11 is 0. The smallest absolute Gasteiger partial charge is 0.340 e. The maximum absolute atomic E-state index is 11.4. The van der Waals surface area contributed by atoms with E-state index in [1.165, 1.54) is 0 Å². The molecule has 0 saturated carbocycles. The van der Waals surface area contributed by atoms with Crippen molar-refractivity contribution in [1.29, 1.82) is 0 Å². The average molecular weight is 177 g/mol. The number of aromatic nitrogens is 1. The number of esters is 1. The Morgan fingerprint density at radius 2 is 2.31 bits per heavy atom. The highest BCUT2D eigenvalue weighted by molar-refractivity contribution is 5.91. The van der Waals surface area contributed by atoms with Gasteiger partial charge in [0.25, 0.3) is 0 Å². The Bertz CT molecular complexity index is 358. The van der Waals surface area contributed by atoms with Crippen molar-refractivity contribution in [1.82, 2.24) is 4.98 Å². The molecule has 0 N–H and O–H groups in total. The minimum absolute atomic E-state index is 0.264. The van der Waals surface area contributed by atoms with Crippen molar-refractivity contribution in [3.63, 3.8) is 0 Å². The SMILES string of the molecule is CC1(C)Cc2ncccc2C(=O)O1. The highest BCUT2D eigenvalue weighted by atomic mass is 16.6. The van der Waals surface area contributed by atoms with Gasteiger partial charge < -0.3 is 4.74 Å². The fourth-order valence-electron chi connectivity index (χ4n) is 1.51. The Labute approximate surface area is 76.7 Å². The van der Waals surface area contributed by atoms with Gasteiger partial charge in [-0.2, -0.15) is 0 Å². The number of fused-ring (bicyclic) bond motifs is 1. The fraction of sp³-hybridized carbons (Fsp3) is 0.400. The molecule has 3 heteroatoms. The van der Waals surface area contributed by atoms with Gasteiger partial charge in [0.15, 0.2) is 0 Å². The topological polar surface area (TPSA) is 39.2 Å². The van der Waals surface area contributed by atoms with Crippen LogP contribution in [-0.2, 0) is 11.2 Å². The minimum atomic E-state index is -0.418. The first-order valence-corrected chi connectivity index (χ1v) is 4.26. The number of carbonyl (C=O) groups excluding carboxylic acids is 1. The number of ether oxygens (including phenoxy) is 1. The third kappa shape index (κ3) is 1.41. The van der Waals surface area contributed by atoms with Crippen LogP contribution in [-0.4, -0.2) is 16.6 Å². The van der Waals surface area contributed by atoms with Gasteiger partial charge >= 0.3 is 5.97 Å². The van der Waals surface area contributed by atoms with Gasteiger partial charge in [0.05, 0.1) is 11.3 Å². The molecule has 2 heterocycles. The second-order valence-corrected chi connectivity index (χ2v) is 3.82. The van der Waals surface area contributed by atoms with Gasteiger partial charge in [-0.15, -0.1) is 0 Å². The quantitative estimate of drug-likeness (QED) is 0.565. The van der Waals surface area contributed by atoms with E-state index in [1.807, 2.05) is 13.8 Å². The molecular formula is C10H11NO2. The molecule has 1 aliphatic heterocycles. The number of carbonyl (C=O) groups is 1. The number of rotatable bonds is 0. The summed E-state index contributed by atoms with van der Waals surface area (Å²) < 4.78 is 5.22. The molecule has 0 saturated heterocycles. The van der Waals surface area contributed by atoms with Crippen molar-refractivity contribution < 1.29 is 9.53 Å². The molecule has 0 atom stereocenters. The highest BCUT2D eigenvalue weighted by Crippen LogP contribution is 2.25. The van der Waals surface area contributed by atoms with Crippen LogP contribution >= 0.6 is 0 Å². The Balaban J connectivity index is 2.49. The van der Waals surface area contributed by atoms with E-state index in [0.717, 1.165) is 5.69 Å². The second kappa shape index (κ2) is 2.55. The van der Waals surface area contributed by atoms with E-state index in [-0.39, 0.29) is 5.97 Å². The molecule has 68 valence electrons. The van der Waals surface area contributed by atoms with Crippen molar-refractivity contribution >= 4 is 5.97 Å². The molecule has 0 aliphatic carbocycles. The number of hydrogen-bond acceptors (Lipinski definition) is 3. The number of nitrogens with zero attached hydrogens (tertiary/aromatic N) is 1. The van der Waals surface area contributed by atoms with Crippen LogP contribution in [0.15, 0.2) is 18.3 Å². The summed E-state index contributed by atoms with van der Waals surface area (Å²) in [5.74, 6) is -0.264. The Hall–Kier alpha value is -1.38. The van der Waals surface area contributed by atoms with Crippen LogP contribution < -0.4 is 0 Å². The van der Waals surface area contributed by atoms with Crippen molar-refractivity contribution in [3.05, 3.63) is 29.6 Å². The Morgan fingerprint density at radius 3 is 3.08 bits per heavy atom. The first-order chi connectivity index (χ1) is 6.08. The summed E-state index contributed by atoms with van der Waals surface area (Å²) in [7, 11) is 0. The fourth-order valence-corrected chi connectivity index (χ4v) is 1.51. The highest BCUT2D eigenvalue weighted by Gasteiger charge is 2.32. The zero-order valence-electron chi connectivity index (χ0n) is 7.70. The van der Waals surface area contributed by atoms with Crippen LogP contribution in [0.25, 0.3) is 0 Å². The summed E-state index contributed by atoms with van der Waals surface area (Å²) in [6.07, 6.45) is 2.39. The van der Waals surface area contributed by atoms with Gasteiger partial charge in [-0.3, -0.25) is 4.98 Å². The number of hydrogen-bond donors (Lipinski definition) is 0. The van der Waals surface area contributed by atoms with Gasteiger partial charge in [0.2, 0.25) is 0 Å². The van der Waals surface area contributed by atoms with Crippen LogP contribution in [0.2, 0.25) is 0 Å². The van der Waals surface area contributed by atoms with E-state index in [1.54, 1.807) is 18.3 Å². The summed E-state index contributed by atoms with van der Waals surface area (Å²) in [4.78, 5) is 15.6. The molecule has 1 aromatic rings. The van der Waals surface area contributed by atoms with Crippen molar-refractivity contribution in [3.8, 4) is 0 Å². The van der Waals surface area contributed by atoms with E-state index in [0.29, 0.717) is 12.0 Å². The first-order valence-electron chi connectivity index (χ1n) is 4.26. The molecule has 0 bridgehead atoms. The maximum atomic E-state index is 11.4. The lowest BCUT2D eigenvalue weighted by atomic mass is 9.96. The van der Waals surface area contributed by atoms with Crippen LogP contribution in [0.4, 0.5) is 0 Å². The van der Waals surface area contributed by atoms with Gasteiger partial charge in [0, 0.05) is 12.6 Å². The monoisotopic (exact) mass is 177 g/mol. The Morgan fingerprint density at radius 1 is 1.54 bits per heavy atom. The molecule has 13 heavy (non-hydrogen) atoms. The summed E-state index contributed by atoms with van der Waals surface area (Å²) in [6, 6.07) is 3.50. The largest absolute Gasteiger partial charge is 0.456 e. The molecule has 3 nitrogen and oxygen atoms in total.